The summed E-state index contributed by atoms with van der Waals surface area (Å²) < 4.78 is 5.05. The van der Waals surface area contributed by atoms with Crippen molar-refractivity contribution >= 4 is 11.9 Å². The molecule has 6 heteroatoms. The Morgan fingerprint density at radius 3 is 2.63 bits per heavy atom. The number of carbonyl (C=O) groups excluding carboxylic acids is 1. The second kappa shape index (κ2) is 6.68. The predicted octanol–water partition coefficient (Wildman–Crippen LogP) is 2.78. The van der Waals surface area contributed by atoms with Gasteiger partial charge in [-0.05, 0) is 37.3 Å². The molecule has 2 saturated heterocycles. The van der Waals surface area contributed by atoms with Crippen molar-refractivity contribution in [1.82, 2.24) is 9.88 Å². The van der Waals surface area contributed by atoms with E-state index in [2.05, 4.69) is 4.98 Å². The van der Waals surface area contributed by atoms with Gasteiger partial charge in [0.15, 0.2) is 0 Å². The third-order valence-electron chi connectivity index (χ3n) is 5.96. The first-order valence-corrected chi connectivity index (χ1v) is 9.15. The fourth-order valence-corrected chi connectivity index (χ4v) is 4.72. The maximum absolute atomic E-state index is 13.1. The number of fused-ring (bicyclic) bond motifs is 2. The summed E-state index contributed by atoms with van der Waals surface area (Å²) in [5, 5.41) is 10.1. The highest BCUT2D eigenvalue weighted by Crippen LogP contribution is 2.52. The Hall–Kier alpha value is -2.89. The van der Waals surface area contributed by atoms with E-state index in [1.807, 2.05) is 30.3 Å². The lowest BCUT2D eigenvalue weighted by Crippen LogP contribution is -2.46. The van der Waals surface area contributed by atoms with Crippen LogP contribution in [0.3, 0.4) is 0 Å². The minimum atomic E-state index is -0.931. The normalized spacial score (nSPS) is 26.2. The smallest absolute Gasteiger partial charge is 0.312 e. The summed E-state index contributed by atoms with van der Waals surface area (Å²) in [6.07, 6.45) is 4.01. The summed E-state index contributed by atoms with van der Waals surface area (Å²) in [5.41, 5.74) is 0.527. The molecule has 140 valence electrons. The number of hydrogen-bond donors (Lipinski definition) is 1. The molecule has 2 fully saturated rings. The summed E-state index contributed by atoms with van der Waals surface area (Å²) in [4.78, 5) is 31.4. The van der Waals surface area contributed by atoms with E-state index in [0.29, 0.717) is 24.3 Å². The molecule has 2 bridgehead atoms. The maximum Gasteiger partial charge on any atom is 0.312 e. The number of carboxylic acid groups (broad SMARTS) is 1. The SMILES string of the molecule is COc1ccc(C(=O)N2[C@H]3CC[C@@H]2[C@](Cc2ccccc2)(C(=O)O)C3)cn1. The van der Waals surface area contributed by atoms with Gasteiger partial charge < -0.3 is 14.7 Å². The standard InChI is InChI=1S/C21H22N2O4/c1-27-18-10-7-15(13-22-18)19(24)23-16-8-9-17(23)21(12-16,20(25)26)11-14-5-3-2-4-6-14/h2-7,10,13,16-17H,8-9,11-12H2,1H3,(H,25,26)/t16-,17+,21+/m0/s1. The number of carboxylic acids is 1. The van der Waals surface area contributed by atoms with Gasteiger partial charge in [0.05, 0.1) is 18.1 Å². The number of hydrogen-bond acceptors (Lipinski definition) is 4. The van der Waals surface area contributed by atoms with Gasteiger partial charge in [0.1, 0.15) is 0 Å². The van der Waals surface area contributed by atoms with Crippen LogP contribution in [0.25, 0.3) is 0 Å². The molecule has 2 aromatic rings. The zero-order valence-electron chi connectivity index (χ0n) is 15.2. The van der Waals surface area contributed by atoms with E-state index in [1.54, 1.807) is 17.0 Å². The van der Waals surface area contributed by atoms with E-state index in [0.717, 1.165) is 18.4 Å². The van der Waals surface area contributed by atoms with Crippen molar-refractivity contribution in [2.45, 2.75) is 37.8 Å². The van der Waals surface area contributed by atoms with Gasteiger partial charge in [0, 0.05) is 24.3 Å². The third kappa shape index (κ3) is 2.85. The molecule has 1 aromatic carbocycles. The number of pyridine rings is 1. The lowest BCUT2D eigenvalue weighted by molar-refractivity contribution is -0.150. The molecule has 2 aliphatic rings. The van der Waals surface area contributed by atoms with Crippen molar-refractivity contribution in [1.29, 1.82) is 0 Å². The van der Waals surface area contributed by atoms with Crippen LogP contribution in [0.1, 0.15) is 35.2 Å². The fraction of sp³-hybridized carbons (Fsp3) is 0.381. The van der Waals surface area contributed by atoms with E-state index in [4.69, 9.17) is 4.74 Å². The Kier molecular flexibility index (Phi) is 4.34. The molecule has 27 heavy (non-hydrogen) atoms. The molecule has 1 aromatic heterocycles. The van der Waals surface area contributed by atoms with E-state index in [1.165, 1.54) is 13.3 Å². The van der Waals surface area contributed by atoms with E-state index >= 15 is 0 Å². The van der Waals surface area contributed by atoms with Crippen molar-refractivity contribution in [2.24, 2.45) is 5.41 Å². The molecular weight excluding hydrogens is 344 g/mol. The van der Waals surface area contributed by atoms with Gasteiger partial charge in [-0.25, -0.2) is 4.98 Å². The predicted molar refractivity (Wildman–Crippen MR) is 98.6 cm³/mol. The molecule has 1 amide bonds. The highest BCUT2D eigenvalue weighted by atomic mass is 16.5. The zero-order chi connectivity index (χ0) is 19.0. The minimum Gasteiger partial charge on any atom is -0.481 e. The number of carbonyl (C=O) groups is 2. The van der Waals surface area contributed by atoms with Crippen LogP contribution in [0, 0.1) is 5.41 Å². The van der Waals surface area contributed by atoms with Gasteiger partial charge in [-0.2, -0.15) is 0 Å². The lowest BCUT2D eigenvalue weighted by Gasteiger charge is -2.33. The van der Waals surface area contributed by atoms with Gasteiger partial charge in [-0.15, -0.1) is 0 Å². The molecule has 0 spiro atoms. The average molecular weight is 366 g/mol. The number of rotatable bonds is 5. The second-order valence-corrected chi connectivity index (χ2v) is 7.38. The zero-order valence-corrected chi connectivity index (χ0v) is 15.2. The van der Waals surface area contributed by atoms with E-state index in [-0.39, 0.29) is 18.0 Å². The molecule has 3 heterocycles. The Morgan fingerprint density at radius 2 is 2.00 bits per heavy atom. The summed E-state index contributed by atoms with van der Waals surface area (Å²) in [5.74, 6) is -0.516. The van der Waals surface area contributed by atoms with Crippen LogP contribution >= 0.6 is 0 Å². The Labute approximate surface area is 157 Å². The van der Waals surface area contributed by atoms with Crippen LogP contribution < -0.4 is 4.74 Å². The van der Waals surface area contributed by atoms with Gasteiger partial charge in [0.2, 0.25) is 5.88 Å². The van der Waals surface area contributed by atoms with Crippen LogP contribution in [0.15, 0.2) is 48.7 Å². The number of methoxy groups -OCH3 is 1. The number of amides is 1. The van der Waals surface area contributed by atoms with Crippen LogP contribution in [-0.2, 0) is 11.2 Å². The molecule has 4 rings (SSSR count). The van der Waals surface area contributed by atoms with Gasteiger partial charge in [-0.1, -0.05) is 30.3 Å². The van der Waals surface area contributed by atoms with Crippen LogP contribution in [0.2, 0.25) is 0 Å². The van der Waals surface area contributed by atoms with E-state index < -0.39 is 11.4 Å². The van der Waals surface area contributed by atoms with Gasteiger partial charge in [0.25, 0.3) is 5.91 Å². The van der Waals surface area contributed by atoms with Crippen molar-refractivity contribution in [2.75, 3.05) is 7.11 Å². The molecule has 6 nitrogen and oxygen atoms in total. The van der Waals surface area contributed by atoms with Crippen molar-refractivity contribution in [3.8, 4) is 5.88 Å². The monoisotopic (exact) mass is 366 g/mol. The van der Waals surface area contributed by atoms with Crippen molar-refractivity contribution in [3.63, 3.8) is 0 Å². The number of nitrogens with zero attached hydrogens (tertiary/aromatic N) is 2. The molecular formula is C21H22N2O4. The molecule has 0 unspecified atom stereocenters. The fourth-order valence-electron chi connectivity index (χ4n) is 4.72. The highest BCUT2D eigenvalue weighted by molar-refractivity contribution is 5.96. The molecule has 0 radical (unpaired) electrons. The first kappa shape index (κ1) is 17.5. The van der Waals surface area contributed by atoms with Gasteiger partial charge in [-0.3, -0.25) is 9.59 Å². The molecule has 2 aliphatic heterocycles. The third-order valence-corrected chi connectivity index (χ3v) is 5.96. The second-order valence-electron chi connectivity index (χ2n) is 7.38. The van der Waals surface area contributed by atoms with E-state index in [9.17, 15) is 14.7 Å². The van der Waals surface area contributed by atoms with Crippen molar-refractivity contribution < 1.29 is 19.4 Å². The summed E-state index contributed by atoms with van der Waals surface area (Å²) in [6, 6.07) is 12.7. The first-order chi connectivity index (χ1) is 13.0. The number of ether oxygens (including phenoxy) is 1. The summed E-state index contributed by atoms with van der Waals surface area (Å²) in [7, 11) is 1.52. The largest absolute Gasteiger partial charge is 0.481 e. The average Bonchev–Trinajstić information content (AvgIpc) is 3.24. The minimum absolute atomic E-state index is 0.0376. The lowest BCUT2D eigenvalue weighted by atomic mass is 9.70. The number of aromatic nitrogens is 1. The molecule has 0 aliphatic carbocycles. The Morgan fingerprint density at radius 1 is 1.22 bits per heavy atom. The molecule has 0 saturated carbocycles. The maximum atomic E-state index is 13.1. The van der Waals surface area contributed by atoms with Crippen molar-refractivity contribution in [3.05, 3.63) is 59.8 Å². The number of benzene rings is 1. The highest BCUT2D eigenvalue weighted by Gasteiger charge is 2.61. The van der Waals surface area contributed by atoms with Gasteiger partial charge >= 0.3 is 5.97 Å². The van der Waals surface area contributed by atoms with Crippen LogP contribution in [0.4, 0.5) is 0 Å². The topological polar surface area (TPSA) is 79.7 Å². The molecule has 3 atom stereocenters. The number of aliphatic carboxylic acids is 1. The first-order valence-electron chi connectivity index (χ1n) is 9.15. The van der Waals surface area contributed by atoms with Crippen LogP contribution in [0.5, 0.6) is 5.88 Å². The summed E-state index contributed by atoms with van der Waals surface area (Å²) >= 11 is 0. The molecule has 1 N–H and O–H groups in total. The Balaban J connectivity index is 1.64. The quantitative estimate of drug-likeness (QED) is 0.880. The Bertz CT molecular complexity index is 852. The summed E-state index contributed by atoms with van der Waals surface area (Å²) in [6.45, 7) is 0. The van der Waals surface area contributed by atoms with Crippen LogP contribution in [-0.4, -0.2) is 46.1 Å².